The van der Waals surface area contributed by atoms with Crippen molar-refractivity contribution < 1.29 is 9.53 Å². The molecule has 0 saturated carbocycles. The van der Waals surface area contributed by atoms with Crippen LogP contribution in [0.5, 0.6) is 0 Å². The Bertz CT molecular complexity index is 695. The summed E-state index contributed by atoms with van der Waals surface area (Å²) in [4.78, 5) is 23.0. The number of carbonyl (C=O) groups excluding carboxylic acids is 1. The highest BCUT2D eigenvalue weighted by Gasteiger charge is 2.14. The monoisotopic (exact) mass is 278 g/mol. The molecule has 1 aromatic carbocycles. The number of benzene rings is 1. The minimum absolute atomic E-state index is 0.260. The van der Waals surface area contributed by atoms with Crippen LogP contribution in [0, 0.1) is 6.92 Å². The number of ether oxygens (including phenoxy) is 1. The number of methoxy groups -OCH3 is 1. The van der Waals surface area contributed by atoms with Gasteiger partial charge in [0.2, 0.25) is 11.1 Å². The van der Waals surface area contributed by atoms with Crippen molar-refractivity contribution in [2.45, 2.75) is 6.92 Å². The number of aromatic nitrogens is 2. The first-order valence-corrected chi connectivity index (χ1v) is 5.86. The first-order chi connectivity index (χ1) is 9.04. The van der Waals surface area contributed by atoms with Crippen LogP contribution in [0.2, 0.25) is 5.02 Å². The Morgan fingerprint density at radius 1 is 1.37 bits per heavy atom. The summed E-state index contributed by atoms with van der Waals surface area (Å²) in [6.07, 6.45) is 1.48. The Kier molecular flexibility index (Phi) is 3.66. The topological polar surface area (TPSA) is 61.2 Å². The fourth-order valence-corrected chi connectivity index (χ4v) is 1.79. The molecule has 1 aromatic heterocycles. The second-order valence-electron chi connectivity index (χ2n) is 3.85. The van der Waals surface area contributed by atoms with Gasteiger partial charge in [-0.3, -0.25) is 4.79 Å². The summed E-state index contributed by atoms with van der Waals surface area (Å²) < 4.78 is 5.95. The van der Waals surface area contributed by atoms with Gasteiger partial charge in [-0.2, -0.15) is 5.10 Å². The highest BCUT2D eigenvalue weighted by Crippen LogP contribution is 2.21. The van der Waals surface area contributed by atoms with Crippen LogP contribution in [0.15, 0.2) is 35.3 Å². The first kappa shape index (κ1) is 13.3. The van der Waals surface area contributed by atoms with E-state index < -0.39 is 11.4 Å². The average Bonchev–Trinajstić information content (AvgIpc) is 2.42. The maximum atomic E-state index is 11.6. The summed E-state index contributed by atoms with van der Waals surface area (Å²) in [5, 5.41) is 4.57. The van der Waals surface area contributed by atoms with Crippen molar-refractivity contribution in [3.8, 4) is 5.69 Å². The Morgan fingerprint density at radius 3 is 2.79 bits per heavy atom. The molecule has 6 heteroatoms. The van der Waals surface area contributed by atoms with E-state index in [1.165, 1.54) is 24.1 Å². The molecule has 98 valence electrons. The maximum absolute atomic E-state index is 11.6. The maximum Gasteiger partial charge on any atom is 0.362 e. The number of hydrogen-bond acceptors (Lipinski definition) is 4. The van der Waals surface area contributed by atoms with Gasteiger partial charge >= 0.3 is 5.97 Å². The molecule has 0 aliphatic heterocycles. The second-order valence-corrected chi connectivity index (χ2v) is 4.26. The third-order valence-corrected chi connectivity index (χ3v) is 3.08. The lowest BCUT2D eigenvalue weighted by atomic mass is 10.2. The van der Waals surface area contributed by atoms with E-state index in [9.17, 15) is 9.59 Å². The van der Waals surface area contributed by atoms with Crippen LogP contribution >= 0.6 is 11.6 Å². The molecule has 0 saturated heterocycles. The third-order valence-electron chi connectivity index (χ3n) is 2.67. The SMILES string of the molecule is COC(=O)c1nn(-c2cccc(Cl)c2C)ccc1=O. The van der Waals surface area contributed by atoms with Gasteiger partial charge in [0.1, 0.15) is 0 Å². The summed E-state index contributed by atoms with van der Waals surface area (Å²) >= 11 is 6.03. The lowest BCUT2D eigenvalue weighted by Gasteiger charge is -2.10. The van der Waals surface area contributed by atoms with Crippen LogP contribution in [0.4, 0.5) is 0 Å². The fraction of sp³-hybridized carbons (Fsp3) is 0.154. The summed E-state index contributed by atoms with van der Waals surface area (Å²) in [7, 11) is 1.20. The Labute approximate surface area is 114 Å². The van der Waals surface area contributed by atoms with Crippen LogP contribution in [0.1, 0.15) is 16.1 Å². The third kappa shape index (κ3) is 2.51. The molecular formula is C13H11ClN2O3. The molecule has 0 unspecified atom stereocenters. The molecule has 0 aliphatic carbocycles. The Balaban J connectivity index is 2.61. The van der Waals surface area contributed by atoms with Crippen molar-refractivity contribution in [2.24, 2.45) is 0 Å². The molecule has 0 spiro atoms. The smallest absolute Gasteiger partial charge is 0.362 e. The van der Waals surface area contributed by atoms with Gasteiger partial charge in [0, 0.05) is 17.3 Å². The minimum Gasteiger partial charge on any atom is -0.464 e. The lowest BCUT2D eigenvalue weighted by Crippen LogP contribution is -2.21. The van der Waals surface area contributed by atoms with E-state index >= 15 is 0 Å². The van der Waals surface area contributed by atoms with Crippen LogP contribution in [-0.2, 0) is 4.74 Å². The first-order valence-electron chi connectivity index (χ1n) is 5.48. The fourth-order valence-electron chi connectivity index (χ4n) is 1.62. The van der Waals surface area contributed by atoms with Crippen molar-refractivity contribution in [1.29, 1.82) is 0 Å². The number of rotatable bonds is 2. The van der Waals surface area contributed by atoms with Crippen LogP contribution in [-0.4, -0.2) is 22.9 Å². The Hall–Kier alpha value is -2.14. The molecule has 0 bridgehead atoms. The summed E-state index contributed by atoms with van der Waals surface area (Å²) in [6.45, 7) is 1.83. The van der Waals surface area contributed by atoms with Gasteiger partial charge in [-0.25, -0.2) is 9.48 Å². The van der Waals surface area contributed by atoms with E-state index in [0.717, 1.165) is 5.56 Å². The lowest BCUT2D eigenvalue weighted by molar-refractivity contribution is 0.0590. The number of carbonyl (C=O) groups is 1. The van der Waals surface area contributed by atoms with Gasteiger partial charge in [0.15, 0.2) is 0 Å². The van der Waals surface area contributed by atoms with Crippen molar-refractivity contribution >= 4 is 17.6 Å². The van der Waals surface area contributed by atoms with Crippen LogP contribution < -0.4 is 5.43 Å². The highest BCUT2D eigenvalue weighted by molar-refractivity contribution is 6.31. The van der Waals surface area contributed by atoms with Crippen LogP contribution in [0.3, 0.4) is 0 Å². The molecule has 0 amide bonds. The zero-order valence-corrected chi connectivity index (χ0v) is 11.1. The standard InChI is InChI=1S/C13H11ClN2O3/c1-8-9(14)4-3-5-10(8)16-7-6-11(17)12(15-16)13(18)19-2/h3-7H,1-2H3. The molecule has 2 aromatic rings. The van der Waals surface area contributed by atoms with Crippen molar-refractivity contribution in [2.75, 3.05) is 7.11 Å². The number of nitrogens with zero attached hydrogens (tertiary/aromatic N) is 2. The molecule has 1 heterocycles. The molecule has 0 fully saturated rings. The molecule has 2 rings (SSSR count). The van der Waals surface area contributed by atoms with Gasteiger partial charge in [-0.15, -0.1) is 0 Å². The molecular weight excluding hydrogens is 268 g/mol. The van der Waals surface area contributed by atoms with Gasteiger partial charge in [0.05, 0.1) is 12.8 Å². The normalized spacial score (nSPS) is 10.3. The predicted molar refractivity (Wildman–Crippen MR) is 70.9 cm³/mol. The van der Waals surface area contributed by atoms with Crippen molar-refractivity contribution in [1.82, 2.24) is 9.78 Å². The average molecular weight is 279 g/mol. The van der Waals surface area contributed by atoms with Crippen molar-refractivity contribution in [3.63, 3.8) is 0 Å². The van der Waals surface area contributed by atoms with Gasteiger partial charge < -0.3 is 4.74 Å². The van der Waals surface area contributed by atoms with E-state index in [0.29, 0.717) is 10.7 Å². The number of hydrogen-bond donors (Lipinski definition) is 0. The zero-order valence-electron chi connectivity index (χ0n) is 10.4. The predicted octanol–water partition coefficient (Wildman–Crippen LogP) is 1.98. The largest absolute Gasteiger partial charge is 0.464 e. The van der Waals surface area contributed by atoms with E-state index in [1.54, 1.807) is 18.2 Å². The van der Waals surface area contributed by atoms with Gasteiger partial charge in [0.25, 0.3) is 0 Å². The summed E-state index contributed by atoms with van der Waals surface area (Å²) in [6, 6.07) is 6.58. The minimum atomic E-state index is -0.765. The molecule has 19 heavy (non-hydrogen) atoms. The van der Waals surface area contributed by atoms with Crippen molar-refractivity contribution in [3.05, 3.63) is 57.0 Å². The molecule has 5 nitrogen and oxygen atoms in total. The molecule has 0 radical (unpaired) electrons. The van der Waals surface area contributed by atoms with E-state index in [-0.39, 0.29) is 5.69 Å². The molecule has 0 N–H and O–H groups in total. The second kappa shape index (κ2) is 5.24. The summed E-state index contributed by atoms with van der Waals surface area (Å²) in [5.41, 5.74) is 0.751. The highest BCUT2D eigenvalue weighted by atomic mass is 35.5. The van der Waals surface area contributed by atoms with E-state index in [2.05, 4.69) is 9.84 Å². The van der Waals surface area contributed by atoms with E-state index in [4.69, 9.17) is 11.6 Å². The Morgan fingerprint density at radius 2 is 2.11 bits per heavy atom. The number of esters is 1. The van der Waals surface area contributed by atoms with Gasteiger partial charge in [-0.1, -0.05) is 17.7 Å². The summed E-state index contributed by atoms with van der Waals surface area (Å²) in [5.74, 6) is -0.765. The van der Waals surface area contributed by atoms with Gasteiger partial charge in [-0.05, 0) is 24.6 Å². The zero-order chi connectivity index (χ0) is 14.0. The van der Waals surface area contributed by atoms with E-state index in [1.807, 2.05) is 6.92 Å². The quantitative estimate of drug-likeness (QED) is 0.788. The molecule has 0 aliphatic rings. The number of halogens is 1. The van der Waals surface area contributed by atoms with Crippen LogP contribution in [0.25, 0.3) is 5.69 Å². The molecule has 0 atom stereocenters.